The van der Waals surface area contributed by atoms with Gasteiger partial charge in [-0.3, -0.25) is 9.59 Å². The third-order valence-corrected chi connectivity index (χ3v) is 3.85. The summed E-state index contributed by atoms with van der Waals surface area (Å²) >= 11 is 0. The number of rotatable bonds is 6. The van der Waals surface area contributed by atoms with Gasteiger partial charge in [0.05, 0.1) is 5.92 Å². The largest absolute Gasteiger partial charge is 0.481 e. The summed E-state index contributed by atoms with van der Waals surface area (Å²) in [5.74, 6) is -1.78. The lowest BCUT2D eigenvalue weighted by atomic mass is 9.88. The highest BCUT2D eigenvalue weighted by Gasteiger charge is 2.48. The molecular weight excluding hydrogens is 244 g/mol. The summed E-state index contributed by atoms with van der Waals surface area (Å²) in [7, 11) is 0. The monoisotopic (exact) mass is 262 g/mol. The van der Waals surface area contributed by atoms with Crippen LogP contribution in [0.15, 0.2) is 24.3 Å². The van der Waals surface area contributed by atoms with Crippen molar-refractivity contribution in [2.24, 2.45) is 11.8 Å². The van der Waals surface area contributed by atoms with Crippen LogP contribution in [-0.4, -0.2) is 22.2 Å². The van der Waals surface area contributed by atoms with E-state index in [1.807, 2.05) is 31.2 Å². The van der Waals surface area contributed by atoms with Gasteiger partial charge in [-0.05, 0) is 37.2 Å². The third kappa shape index (κ3) is 3.34. The maximum atomic E-state index is 11.0. The normalized spacial score (nSPS) is 22.8. The van der Waals surface area contributed by atoms with Crippen LogP contribution in [0.3, 0.4) is 0 Å². The van der Waals surface area contributed by atoms with Crippen molar-refractivity contribution in [2.75, 3.05) is 0 Å². The molecule has 0 heterocycles. The number of hydrogen-bond donors (Lipinski definition) is 2. The molecular formula is C15H18O4. The Morgan fingerprint density at radius 2 is 1.89 bits per heavy atom. The van der Waals surface area contributed by atoms with Crippen LogP contribution in [0.1, 0.15) is 36.3 Å². The quantitative estimate of drug-likeness (QED) is 0.826. The second kappa shape index (κ2) is 5.43. The van der Waals surface area contributed by atoms with Crippen LogP contribution in [0.5, 0.6) is 0 Å². The molecule has 3 atom stereocenters. The molecule has 1 saturated carbocycles. The highest BCUT2D eigenvalue weighted by Crippen LogP contribution is 2.50. The Balaban J connectivity index is 2.12. The van der Waals surface area contributed by atoms with Crippen LogP contribution in [0.25, 0.3) is 0 Å². The SMILES string of the molecule is Cc1ccc(C(CCC(=O)O)C2CC2C(=O)O)cc1. The van der Waals surface area contributed by atoms with Gasteiger partial charge in [0, 0.05) is 6.42 Å². The van der Waals surface area contributed by atoms with Gasteiger partial charge in [-0.2, -0.15) is 0 Å². The summed E-state index contributed by atoms with van der Waals surface area (Å²) < 4.78 is 0. The molecule has 1 aliphatic rings. The van der Waals surface area contributed by atoms with Crippen molar-refractivity contribution < 1.29 is 19.8 Å². The molecule has 0 spiro atoms. The topological polar surface area (TPSA) is 74.6 Å². The van der Waals surface area contributed by atoms with Crippen LogP contribution in [0, 0.1) is 18.8 Å². The van der Waals surface area contributed by atoms with Crippen molar-refractivity contribution in [3.05, 3.63) is 35.4 Å². The number of carboxylic acids is 2. The predicted molar refractivity (Wildman–Crippen MR) is 70.0 cm³/mol. The van der Waals surface area contributed by atoms with Crippen LogP contribution in [0.2, 0.25) is 0 Å². The molecule has 0 aliphatic heterocycles. The second-order valence-electron chi connectivity index (χ2n) is 5.29. The molecule has 4 nitrogen and oxygen atoms in total. The zero-order chi connectivity index (χ0) is 14.0. The molecule has 0 bridgehead atoms. The Morgan fingerprint density at radius 1 is 1.26 bits per heavy atom. The maximum Gasteiger partial charge on any atom is 0.306 e. The molecule has 19 heavy (non-hydrogen) atoms. The summed E-state index contributed by atoms with van der Waals surface area (Å²) in [6.45, 7) is 1.99. The van der Waals surface area contributed by atoms with Gasteiger partial charge in [0.2, 0.25) is 0 Å². The van der Waals surface area contributed by atoms with E-state index in [1.165, 1.54) is 0 Å². The fraction of sp³-hybridized carbons (Fsp3) is 0.467. The number of benzene rings is 1. The van der Waals surface area contributed by atoms with Gasteiger partial charge < -0.3 is 10.2 Å². The first-order chi connectivity index (χ1) is 8.99. The Hall–Kier alpha value is -1.84. The lowest BCUT2D eigenvalue weighted by molar-refractivity contribution is -0.139. The molecule has 4 heteroatoms. The first-order valence-corrected chi connectivity index (χ1v) is 6.50. The highest BCUT2D eigenvalue weighted by molar-refractivity contribution is 5.74. The number of hydrogen-bond acceptors (Lipinski definition) is 2. The molecule has 2 N–H and O–H groups in total. The van der Waals surface area contributed by atoms with Gasteiger partial charge in [-0.1, -0.05) is 29.8 Å². The highest BCUT2D eigenvalue weighted by atomic mass is 16.4. The van der Waals surface area contributed by atoms with Gasteiger partial charge in [0.25, 0.3) is 0 Å². The zero-order valence-corrected chi connectivity index (χ0v) is 10.9. The summed E-state index contributed by atoms with van der Waals surface area (Å²) in [6, 6.07) is 7.95. The van der Waals surface area contributed by atoms with Crippen molar-refractivity contribution in [3.8, 4) is 0 Å². The molecule has 3 unspecified atom stereocenters. The average molecular weight is 262 g/mol. The van der Waals surface area contributed by atoms with E-state index in [1.54, 1.807) is 0 Å². The molecule has 0 amide bonds. The van der Waals surface area contributed by atoms with Crippen molar-refractivity contribution in [1.29, 1.82) is 0 Å². The van der Waals surface area contributed by atoms with E-state index in [9.17, 15) is 9.59 Å². The summed E-state index contributed by atoms with van der Waals surface area (Å²) in [4.78, 5) is 21.7. The van der Waals surface area contributed by atoms with E-state index in [4.69, 9.17) is 10.2 Å². The number of aryl methyl sites for hydroxylation is 1. The Morgan fingerprint density at radius 3 is 2.37 bits per heavy atom. The molecule has 0 saturated heterocycles. The minimum atomic E-state index is -0.829. The fourth-order valence-corrected chi connectivity index (χ4v) is 2.66. The Labute approximate surface area is 112 Å². The molecule has 1 fully saturated rings. The first kappa shape index (κ1) is 13.6. The molecule has 0 radical (unpaired) electrons. The molecule has 0 aromatic heterocycles. The number of aliphatic carboxylic acids is 2. The number of carboxylic acid groups (broad SMARTS) is 2. The summed E-state index contributed by atoms with van der Waals surface area (Å²) in [5, 5.41) is 17.8. The lowest BCUT2D eigenvalue weighted by Gasteiger charge is -2.16. The zero-order valence-electron chi connectivity index (χ0n) is 10.9. The maximum absolute atomic E-state index is 11.0. The van der Waals surface area contributed by atoms with Gasteiger partial charge in [0.15, 0.2) is 0 Å². The van der Waals surface area contributed by atoms with E-state index in [0.29, 0.717) is 12.8 Å². The molecule has 1 aliphatic carbocycles. The standard InChI is InChI=1S/C15H18O4/c1-9-2-4-10(5-3-9)11(6-7-14(16)17)12-8-13(12)15(18)19/h2-5,11-13H,6-8H2,1H3,(H,16,17)(H,18,19). The van der Waals surface area contributed by atoms with Gasteiger partial charge in [-0.15, -0.1) is 0 Å². The van der Waals surface area contributed by atoms with Gasteiger partial charge in [0.1, 0.15) is 0 Å². The van der Waals surface area contributed by atoms with Crippen molar-refractivity contribution in [3.63, 3.8) is 0 Å². The van der Waals surface area contributed by atoms with E-state index in [0.717, 1.165) is 11.1 Å². The smallest absolute Gasteiger partial charge is 0.306 e. The van der Waals surface area contributed by atoms with Gasteiger partial charge in [-0.25, -0.2) is 0 Å². The van der Waals surface area contributed by atoms with Crippen LogP contribution in [0.4, 0.5) is 0 Å². The van der Waals surface area contributed by atoms with Crippen molar-refractivity contribution >= 4 is 11.9 Å². The molecule has 1 aromatic rings. The van der Waals surface area contributed by atoms with E-state index in [2.05, 4.69) is 0 Å². The lowest BCUT2D eigenvalue weighted by Crippen LogP contribution is -2.09. The van der Waals surface area contributed by atoms with Crippen molar-refractivity contribution in [1.82, 2.24) is 0 Å². The predicted octanol–water partition coefficient (Wildman–Crippen LogP) is 2.66. The van der Waals surface area contributed by atoms with Gasteiger partial charge >= 0.3 is 11.9 Å². The molecule has 2 rings (SSSR count). The fourth-order valence-electron chi connectivity index (χ4n) is 2.66. The van der Waals surface area contributed by atoms with Crippen LogP contribution in [-0.2, 0) is 9.59 Å². The Bertz CT molecular complexity index is 477. The Kier molecular flexibility index (Phi) is 3.88. The second-order valence-corrected chi connectivity index (χ2v) is 5.29. The average Bonchev–Trinajstić information content (AvgIpc) is 3.11. The van der Waals surface area contributed by atoms with E-state index < -0.39 is 11.9 Å². The van der Waals surface area contributed by atoms with E-state index in [-0.39, 0.29) is 24.2 Å². The van der Waals surface area contributed by atoms with E-state index >= 15 is 0 Å². The first-order valence-electron chi connectivity index (χ1n) is 6.50. The third-order valence-electron chi connectivity index (χ3n) is 3.85. The minimum absolute atomic E-state index is 0.0396. The minimum Gasteiger partial charge on any atom is -0.481 e. The number of carbonyl (C=O) groups is 2. The van der Waals surface area contributed by atoms with Crippen LogP contribution >= 0.6 is 0 Å². The summed E-state index contributed by atoms with van der Waals surface area (Å²) in [5.41, 5.74) is 2.20. The molecule has 102 valence electrons. The van der Waals surface area contributed by atoms with Crippen molar-refractivity contribution in [2.45, 2.75) is 32.1 Å². The summed E-state index contributed by atoms with van der Waals surface area (Å²) in [6.07, 6.45) is 1.25. The van der Waals surface area contributed by atoms with Crippen LogP contribution < -0.4 is 0 Å². The molecule has 1 aromatic carbocycles.